The Morgan fingerprint density at radius 3 is 2.48 bits per heavy atom. The molecule has 152 valence electrons. The number of rotatable bonds is 4. The van der Waals surface area contributed by atoms with Crippen LogP contribution in [0.25, 0.3) is 0 Å². The molecule has 0 spiro atoms. The van der Waals surface area contributed by atoms with E-state index in [9.17, 15) is 14.0 Å². The van der Waals surface area contributed by atoms with E-state index in [1.165, 1.54) is 37.8 Å². The van der Waals surface area contributed by atoms with E-state index < -0.39 is 0 Å². The molecule has 2 aromatic rings. The number of nitrogens with zero attached hydrogens (tertiary/aromatic N) is 1. The largest absolute Gasteiger partial charge is 0.348 e. The Kier molecular flexibility index (Phi) is 5.93. The number of benzene rings is 2. The van der Waals surface area contributed by atoms with Gasteiger partial charge in [0.25, 0.3) is 11.8 Å². The Morgan fingerprint density at radius 1 is 0.966 bits per heavy atom. The topological polar surface area (TPSA) is 49.4 Å². The molecule has 2 fully saturated rings. The summed E-state index contributed by atoms with van der Waals surface area (Å²) in [5.41, 5.74) is 1.84. The van der Waals surface area contributed by atoms with E-state index in [4.69, 9.17) is 0 Å². The van der Waals surface area contributed by atoms with Gasteiger partial charge in [0.1, 0.15) is 5.82 Å². The van der Waals surface area contributed by atoms with Crippen molar-refractivity contribution in [3.63, 3.8) is 0 Å². The molecule has 1 heterocycles. The molecule has 29 heavy (non-hydrogen) atoms. The monoisotopic (exact) mass is 394 g/mol. The van der Waals surface area contributed by atoms with Gasteiger partial charge in [-0.3, -0.25) is 9.59 Å². The van der Waals surface area contributed by atoms with Gasteiger partial charge in [0.05, 0.1) is 0 Å². The van der Waals surface area contributed by atoms with Crippen molar-refractivity contribution in [2.75, 3.05) is 6.54 Å². The molecule has 1 saturated carbocycles. The predicted molar refractivity (Wildman–Crippen MR) is 110 cm³/mol. The zero-order valence-corrected chi connectivity index (χ0v) is 16.6. The number of carbonyl (C=O) groups is 2. The minimum absolute atomic E-state index is 0.0771. The van der Waals surface area contributed by atoms with Crippen LogP contribution in [0.5, 0.6) is 0 Å². The first kappa shape index (κ1) is 19.6. The first-order chi connectivity index (χ1) is 14.1. The van der Waals surface area contributed by atoms with Crippen LogP contribution in [-0.2, 0) is 6.54 Å². The highest BCUT2D eigenvalue weighted by Crippen LogP contribution is 2.35. The summed E-state index contributed by atoms with van der Waals surface area (Å²) in [7, 11) is 0. The van der Waals surface area contributed by atoms with Crippen LogP contribution >= 0.6 is 0 Å². The van der Waals surface area contributed by atoms with Crippen LogP contribution in [0, 0.1) is 11.7 Å². The second-order valence-electron chi connectivity index (χ2n) is 8.14. The molecule has 1 aliphatic heterocycles. The third kappa shape index (κ3) is 4.50. The highest BCUT2D eigenvalue weighted by molar-refractivity contribution is 5.98. The number of hydrogen-bond acceptors (Lipinski definition) is 2. The third-order valence-electron chi connectivity index (χ3n) is 6.24. The molecule has 1 saturated heterocycles. The lowest BCUT2D eigenvalue weighted by molar-refractivity contribution is 0.0390. The Hall–Kier alpha value is -2.69. The van der Waals surface area contributed by atoms with Gasteiger partial charge in [-0.05, 0) is 73.6 Å². The van der Waals surface area contributed by atoms with E-state index >= 15 is 0 Å². The van der Waals surface area contributed by atoms with Crippen molar-refractivity contribution < 1.29 is 14.0 Å². The highest BCUT2D eigenvalue weighted by Gasteiger charge is 2.35. The Labute approximate surface area is 171 Å². The van der Waals surface area contributed by atoms with Gasteiger partial charge in [0.2, 0.25) is 0 Å². The van der Waals surface area contributed by atoms with E-state index in [2.05, 4.69) is 10.2 Å². The maximum atomic E-state index is 13.2. The zero-order valence-electron chi connectivity index (χ0n) is 16.6. The molecule has 2 amide bonds. The number of amides is 2. The molecule has 4 nitrogen and oxygen atoms in total. The van der Waals surface area contributed by atoms with E-state index in [-0.39, 0.29) is 24.2 Å². The first-order valence-electron chi connectivity index (χ1n) is 10.6. The number of hydrogen-bond donors (Lipinski definition) is 1. The van der Waals surface area contributed by atoms with Crippen LogP contribution in [0.15, 0.2) is 48.5 Å². The van der Waals surface area contributed by atoms with Gasteiger partial charge in [-0.25, -0.2) is 4.39 Å². The van der Waals surface area contributed by atoms with Crippen LogP contribution < -0.4 is 5.32 Å². The van der Waals surface area contributed by atoms with Crippen LogP contribution in [0.2, 0.25) is 0 Å². The van der Waals surface area contributed by atoms with Gasteiger partial charge in [0, 0.05) is 30.3 Å². The SMILES string of the molecule is O=C(NCc1cccc(F)c1)c1ccc(C(=O)N2CCC[C@@H]3CCCC[C@@H]32)cc1. The smallest absolute Gasteiger partial charge is 0.254 e. The lowest BCUT2D eigenvalue weighted by atomic mass is 9.78. The van der Waals surface area contributed by atoms with E-state index in [0.29, 0.717) is 28.7 Å². The van der Waals surface area contributed by atoms with Gasteiger partial charge in [-0.2, -0.15) is 0 Å². The Bertz CT molecular complexity index is 879. The second kappa shape index (κ2) is 8.76. The van der Waals surface area contributed by atoms with Crippen molar-refractivity contribution in [2.24, 2.45) is 5.92 Å². The summed E-state index contributed by atoms with van der Waals surface area (Å²) >= 11 is 0. The predicted octanol–water partition coefficient (Wildman–Crippen LogP) is 4.55. The first-order valence-corrected chi connectivity index (χ1v) is 10.6. The van der Waals surface area contributed by atoms with E-state index in [1.54, 1.807) is 36.4 Å². The lowest BCUT2D eigenvalue weighted by Gasteiger charge is -2.44. The van der Waals surface area contributed by atoms with Gasteiger partial charge in [-0.15, -0.1) is 0 Å². The van der Waals surface area contributed by atoms with Crippen LogP contribution in [0.1, 0.15) is 64.8 Å². The fraction of sp³-hybridized carbons (Fsp3) is 0.417. The molecule has 5 heteroatoms. The molecule has 2 aromatic carbocycles. The van der Waals surface area contributed by atoms with Crippen molar-refractivity contribution in [3.8, 4) is 0 Å². The third-order valence-corrected chi connectivity index (χ3v) is 6.24. The summed E-state index contributed by atoms with van der Waals surface area (Å²) in [5.74, 6) is 0.166. The second-order valence-corrected chi connectivity index (χ2v) is 8.14. The minimum Gasteiger partial charge on any atom is -0.348 e. The average Bonchev–Trinajstić information content (AvgIpc) is 2.77. The number of nitrogens with one attached hydrogen (secondary N) is 1. The summed E-state index contributed by atoms with van der Waals surface area (Å²) in [6.07, 6.45) is 7.14. The molecule has 0 bridgehead atoms. The van der Waals surface area contributed by atoms with Gasteiger partial charge in [-0.1, -0.05) is 25.0 Å². The van der Waals surface area contributed by atoms with Crippen LogP contribution in [-0.4, -0.2) is 29.3 Å². The standard InChI is InChI=1S/C24H27FN2O2/c25-21-8-3-5-17(15-21)16-26-23(28)19-10-12-20(13-11-19)24(29)27-14-4-7-18-6-1-2-9-22(18)27/h3,5,8,10-13,15,18,22H,1-2,4,6-7,9,14,16H2,(H,26,28)/t18-,22-/m0/s1. The Balaban J connectivity index is 1.39. The molecule has 0 unspecified atom stereocenters. The lowest BCUT2D eigenvalue weighted by Crippen LogP contribution is -2.49. The summed E-state index contributed by atoms with van der Waals surface area (Å²) in [6.45, 7) is 1.09. The highest BCUT2D eigenvalue weighted by atomic mass is 19.1. The van der Waals surface area contributed by atoms with Gasteiger partial charge >= 0.3 is 0 Å². The molecule has 2 atom stereocenters. The maximum absolute atomic E-state index is 13.2. The van der Waals surface area contributed by atoms with Crippen molar-refractivity contribution >= 4 is 11.8 Å². The molecular weight excluding hydrogens is 367 g/mol. The molecular formula is C24H27FN2O2. The van der Waals surface area contributed by atoms with Crippen molar-refractivity contribution in [3.05, 3.63) is 71.0 Å². The molecule has 2 aliphatic rings. The fourth-order valence-electron chi connectivity index (χ4n) is 4.74. The number of fused-ring (bicyclic) bond motifs is 1. The fourth-order valence-corrected chi connectivity index (χ4v) is 4.74. The van der Waals surface area contributed by atoms with E-state index in [1.807, 2.05) is 0 Å². The van der Waals surface area contributed by atoms with Crippen molar-refractivity contribution in [1.29, 1.82) is 0 Å². The molecule has 0 radical (unpaired) electrons. The summed E-state index contributed by atoms with van der Waals surface area (Å²) in [6, 6.07) is 13.4. The normalized spacial score (nSPS) is 21.3. The van der Waals surface area contributed by atoms with Gasteiger partial charge in [0.15, 0.2) is 0 Å². The molecule has 0 aromatic heterocycles. The summed E-state index contributed by atoms with van der Waals surface area (Å²) < 4.78 is 13.2. The van der Waals surface area contributed by atoms with E-state index in [0.717, 1.165) is 19.4 Å². The quantitative estimate of drug-likeness (QED) is 0.827. The van der Waals surface area contributed by atoms with Crippen molar-refractivity contribution in [2.45, 2.75) is 51.1 Å². The molecule has 1 aliphatic carbocycles. The molecule has 1 N–H and O–H groups in total. The summed E-state index contributed by atoms with van der Waals surface area (Å²) in [4.78, 5) is 27.5. The van der Waals surface area contributed by atoms with Crippen LogP contribution in [0.4, 0.5) is 4.39 Å². The number of piperidine rings is 1. The van der Waals surface area contributed by atoms with Crippen molar-refractivity contribution in [1.82, 2.24) is 10.2 Å². The number of carbonyl (C=O) groups excluding carboxylic acids is 2. The minimum atomic E-state index is -0.322. The average molecular weight is 394 g/mol. The Morgan fingerprint density at radius 2 is 1.69 bits per heavy atom. The molecule has 4 rings (SSSR count). The zero-order chi connectivity index (χ0) is 20.2. The number of halogens is 1. The summed E-state index contributed by atoms with van der Waals surface area (Å²) in [5, 5.41) is 2.79. The van der Waals surface area contributed by atoms with Crippen LogP contribution in [0.3, 0.4) is 0 Å². The number of likely N-dealkylation sites (tertiary alicyclic amines) is 1. The maximum Gasteiger partial charge on any atom is 0.254 e. The van der Waals surface area contributed by atoms with Gasteiger partial charge < -0.3 is 10.2 Å².